The first-order chi connectivity index (χ1) is 19.6. The molecule has 0 radical (unpaired) electrons. The third-order valence-electron chi connectivity index (χ3n) is 7.36. The van der Waals surface area contributed by atoms with E-state index in [1.807, 2.05) is 32.9 Å². The van der Waals surface area contributed by atoms with E-state index in [2.05, 4.69) is 5.16 Å². The first kappa shape index (κ1) is 27.9. The summed E-state index contributed by atoms with van der Waals surface area (Å²) in [5, 5.41) is 15.1. The summed E-state index contributed by atoms with van der Waals surface area (Å²) < 4.78 is 15.7. The van der Waals surface area contributed by atoms with Gasteiger partial charge in [0, 0.05) is 36.0 Å². The monoisotopic (exact) mass is 559 g/mol. The van der Waals surface area contributed by atoms with Gasteiger partial charge in [-0.3, -0.25) is 14.5 Å². The molecule has 5 rings (SSSR count). The number of anilines is 1. The van der Waals surface area contributed by atoms with Crippen LogP contribution in [0.3, 0.4) is 0 Å². The molecule has 0 saturated carbocycles. The number of rotatable bonds is 6. The lowest BCUT2D eigenvalue weighted by Gasteiger charge is -2.39. The number of likely N-dealkylation sites (tertiary alicyclic amines) is 1. The number of aromatic nitrogens is 1. The zero-order valence-electron chi connectivity index (χ0n) is 23.5. The quantitative estimate of drug-likeness (QED) is 0.398. The number of piperidine rings is 1. The number of aliphatic hydroxyl groups excluding tert-OH is 1. The van der Waals surface area contributed by atoms with Crippen molar-refractivity contribution in [2.75, 3.05) is 25.1 Å². The van der Waals surface area contributed by atoms with Crippen LogP contribution in [-0.4, -0.2) is 64.8 Å². The van der Waals surface area contributed by atoms with E-state index < -0.39 is 35.2 Å². The fraction of sp³-hybridized carbons (Fsp3) is 0.355. The minimum absolute atomic E-state index is 0.0523. The van der Waals surface area contributed by atoms with Gasteiger partial charge < -0.3 is 24.0 Å². The third kappa shape index (κ3) is 5.68. The van der Waals surface area contributed by atoms with Crippen LogP contribution in [-0.2, 0) is 9.53 Å². The van der Waals surface area contributed by atoms with Crippen LogP contribution in [0.2, 0.25) is 0 Å². The number of methoxy groups -OCH3 is 1. The van der Waals surface area contributed by atoms with Crippen LogP contribution in [0.25, 0.3) is 11.3 Å². The van der Waals surface area contributed by atoms with E-state index >= 15 is 0 Å². The minimum Gasteiger partial charge on any atom is -0.503 e. The molecule has 2 aliphatic rings. The second-order valence-corrected chi connectivity index (χ2v) is 11.2. The van der Waals surface area contributed by atoms with Crippen molar-refractivity contribution in [1.82, 2.24) is 10.1 Å². The lowest BCUT2D eigenvalue weighted by Crippen LogP contribution is -2.48. The van der Waals surface area contributed by atoms with E-state index in [-0.39, 0.29) is 11.5 Å². The molecule has 1 saturated heterocycles. The molecule has 3 aromatic rings. The van der Waals surface area contributed by atoms with Gasteiger partial charge >= 0.3 is 6.09 Å². The molecule has 1 fully saturated rings. The first-order valence-electron chi connectivity index (χ1n) is 13.5. The Morgan fingerprint density at radius 1 is 1.00 bits per heavy atom. The van der Waals surface area contributed by atoms with E-state index in [0.717, 1.165) is 5.56 Å². The second-order valence-electron chi connectivity index (χ2n) is 11.2. The van der Waals surface area contributed by atoms with Gasteiger partial charge in [-0.2, -0.15) is 0 Å². The fourth-order valence-electron chi connectivity index (χ4n) is 5.37. The van der Waals surface area contributed by atoms with Crippen molar-refractivity contribution in [3.05, 3.63) is 77.8 Å². The molecule has 0 bridgehead atoms. The first-order valence-corrected chi connectivity index (χ1v) is 13.5. The van der Waals surface area contributed by atoms with Crippen molar-refractivity contribution < 1.29 is 33.5 Å². The Labute approximate surface area is 238 Å². The molecule has 214 valence electrons. The van der Waals surface area contributed by atoms with Crippen molar-refractivity contribution in [3.63, 3.8) is 0 Å². The SMILES string of the molecule is COc1ccc(C(=O)C2=C(O)C(=O)N(c3ccc(-c4ccon4)cc3)C2C2CCN(C(=O)OC(C)(C)C)CC2)cc1. The smallest absolute Gasteiger partial charge is 0.410 e. The van der Waals surface area contributed by atoms with E-state index in [9.17, 15) is 19.5 Å². The van der Waals surface area contributed by atoms with Gasteiger partial charge in [0.1, 0.15) is 23.3 Å². The van der Waals surface area contributed by atoms with E-state index in [0.29, 0.717) is 48.6 Å². The highest BCUT2D eigenvalue weighted by atomic mass is 16.6. The molecule has 0 spiro atoms. The van der Waals surface area contributed by atoms with Crippen LogP contribution in [0, 0.1) is 5.92 Å². The largest absolute Gasteiger partial charge is 0.503 e. The molecule has 3 heterocycles. The Morgan fingerprint density at radius 3 is 2.22 bits per heavy atom. The van der Waals surface area contributed by atoms with E-state index in [1.54, 1.807) is 47.4 Å². The molecule has 10 heteroatoms. The average Bonchev–Trinajstić information content (AvgIpc) is 3.59. The molecule has 1 N–H and O–H groups in total. The summed E-state index contributed by atoms with van der Waals surface area (Å²) in [6.07, 6.45) is 2.10. The number of ether oxygens (including phenoxy) is 2. The van der Waals surface area contributed by atoms with Gasteiger partial charge in [-0.25, -0.2) is 4.79 Å². The Hall–Kier alpha value is -4.60. The molecule has 1 atom stereocenters. The molecule has 2 aromatic carbocycles. The number of hydrogen-bond acceptors (Lipinski definition) is 8. The second kappa shape index (κ2) is 11.1. The predicted molar refractivity (Wildman–Crippen MR) is 151 cm³/mol. The number of nitrogens with zero attached hydrogens (tertiary/aromatic N) is 3. The molecular weight excluding hydrogens is 526 g/mol. The Kier molecular flexibility index (Phi) is 7.57. The van der Waals surface area contributed by atoms with Gasteiger partial charge in [-0.1, -0.05) is 17.3 Å². The van der Waals surface area contributed by atoms with Crippen molar-refractivity contribution >= 4 is 23.5 Å². The number of carbonyl (C=O) groups is 3. The van der Waals surface area contributed by atoms with E-state index in [4.69, 9.17) is 14.0 Å². The van der Waals surface area contributed by atoms with Crippen LogP contribution in [0.1, 0.15) is 44.0 Å². The summed E-state index contributed by atoms with van der Waals surface area (Å²) in [4.78, 5) is 43.2. The molecule has 2 amide bonds. The fourth-order valence-corrected chi connectivity index (χ4v) is 5.37. The maximum absolute atomic E-state index is 13.8. The topological polar surface area (TPSA) is 122 Å². The lowest BCUT2D eigenvalue weighted by atomic mass is 9.82. The van der Waals surface area contributed by atoms with Gasteiger partial charge in [0.25, 0.3) is 5.91 Å². The highest BCUT2D eigenvalue weighted by Crippen LogP contribution is 2.40. The van der Waals surface area contributed by atoms with Crippen molar-refractivity contribution in [1.29, 1.82) is 0 Å². The van der Waals surface area contributed by atoms with Gasteiger partial charge in [-0.15, -0.1) is 0 Å². The number of carbonyl (C=O) groups excluding carboxylic acids is 3. The third-order valence-corrected chi connectivity index (χ3v) is 7.36. The summed E-state index contributed by atoms with van der Waals surface area (Å²) in [5.41, 5.74) is 1.74. The molecule has 41 heavy (non-hydrogen) atoms. The minimum atomic E-state index is -0.726. The van der Waals surface area contributed by atoms with Crippen LogP contribution in [0.5, 0.6) is 5.75 Å². The summed E-state index contributed by atoms with van der Waals surface area (Å²) in [5.74, 6) is -1.25. The number of hydrogen-bond donors (Lipinski definition) is 1. The zero-order chi connectivity index (χ0) is 29.3. The van der Waals surface area contributed by atoms with Crippen LogP contribution in [0.4, 0.5) is 10.5 Å². The van der Waals surface area contributed by atoms with Crippen molar-refractivity contribution in [3.8, 4) is 17.0 Å². The standard InChI is InChI=1S/C31H33N3O7/c1-31(2,3)41-30(38)33-16-13-20(14-17-33)26-25(27(35)21-7-11-23(39-4)12-8-21)28(36)29(37)34(26)22-9-5-19(6-10-22)24-15-18-40-32-24/h5-12,15,18,20,26,36H,13-14,16-17H2,1-4H3. The Morgan fingerprint density at radius 2 is 1.66 bits per heavy atom. The number of aliphatic hydroxyl groups is 1. The Balaban J connectivity index is 1.47. The van der Waals surface area contributed by atoms with Crippen molar-refractivity contribution in [2.24, 2.45) is 5.92 Å². The molecule has 0 aliphatic carbocycles. The van der Waals surface area contributed by atoms with Crippen molar-refractivity contribution in [2.45, 2.75) is 45.3 Å². The van der Waals surface area contributed by atoms with Gasteiger partial charge in [0.15, 0.2) is 11.5 Å². The van der Waals surface area contributed by atoms with Gasteiger partial charge in [0.2, 0.25) is 0 Å². The van der Waals surface area contributed by atoms with Crippen LogP contribution < -0.4 is 9.64 Å². The highest BCUT2D eigenvalue weighted by Gasteiger charge is 2.48. The normalized spacial score (nSPS) is 18.1. The van der Waals surface area contributed by atoms with Gasteiger partial charge in [0.05, 0.1) is 18.7 Å². The molecule has 10 nitrogen and oxygen atoms in total. The Bertz CT molecular complexity index is 1450. The summed E-state index contributed by atoms with van der Waals surface area (Å²) in [6.45, 7) is 6.25. The molecule has 1 aromatic heterocycles. The van der Waals surface area contributed by atoms with Crippen LogP contribution >= 0.6 is 0 Å². The van der Waals surface area contributed by atoms with E-state index in [1.165, 1.54) is 18.3 Å². The highest BCUT2D eigenvalue weighted by molar-refractivity contribution is 6.21. The van der Waals surface area contributed by atoms with Crippen LogP contribution in [0.15, 0.2) is 76.7 Å². The summed E-state index contributed by atoms with van der Waals surface area (Å²) >= 11 is 0. The molecular formula is C31H33N3O7. The maximum Gasteiger partial charge on any atom is 0.410 e. The number of Topliss-reactive ketones (excluding diaryl/α,β-unsaturated/α-hetero) is 1. The number of amides is 2. The van der Waals surface area contributed by atoms with Gasteiger partial charge in [-0.05, 0) is 75.9 Å². The molecule has 2 aliphatic heterocycles. The lowest BCUT2D eigenvalue weighted by molar-refractivity contribution is -0.117. The summed E-state index contributed by atoms with van der Waals surface area (Å²) in [6, 6.07) is 14.7. The average molecular weight is 560 g/mol. The number of ketones is 1. The predicted octanol–water partition coefficient (Wildman–Crippen LogP) is 5.41. The zero-order valence-corrected chi connectivity index (χ0v) is 23.5. The summed E-state index contributed by atoms with van der Waals surface area (Å²) in [7, 11) is 1.53. The molecule has 1 unspecified atom stereocenters. The number of benzene rings is 2. The maximum atomic E-state index is 13.8.